The van der Waals surface area contributed by atoms with E-state index in [0.717, 1.165) is 0 Å². The van der Waals surface area contributed by atoms with E-state index < -0.39 is 17.9 Å². The van der Waals surface area contributed by atoms with Crippen molar-refractivity contribution in [2.45, 2.75) is 39.7 Å². The fourth-order valence-electron chi connectivity index (χ4n) is 3.46. The normalized spacial score (nSPS) is 17.5. The van der Waals surface area contributed by atoms with Crippen LogP contribution in [0.25, 0.3) is 11.0 Å². The van der Waals surface area contributed by atoms with Gasteiger partial charge >= 0.3 is 11.9 Å². The summed E-state index contributed by atoms with van der Waals surface area (Å²) in [5, 5.41) is 7.86. The summed E-state index contributed by atoms with van der Waals surface area (Å²) in [6.07, 6.45) is -0.308. The van der Waals surface area contributed by atoms with Gasteiger partial charge in [0.1, 0.15) is 11.0 Å². The van der Waals surface area contributed by atoms with Crippen LogP contribution < -0.4 is 0 Å². The van der Waals surface area contributed by atoms with Crippen molar-refractivity contribution in [3.8, 4) is 0 Å². The van der Waals surface area contributed by atoms with E-state index in [1.165, 1.54) is 7.11 Å². The van der Waals surface area contributed by atoms with Crippen LogP contribution >= 0.6 is 0 Å². The number of hydrogen-bond donors (Lipinski definition) is 0. The number of ether oxygens (including phenoxy) is 2. The molecular formula is C20H23N3O5. The first kappa shape index (κ1) is 19.6. The van der Waals surface area contributed by atoms with Crippen molar-refractivity contribution in [1.29, 1.82) is 0 Å². The molecule has 1 aliphatic heterocycles. The highest BCUT2D eigenvalue weighted by atomic mass is 16.6. The molecule has 0 aliphatic carbocycles. The van der Waals surface area contributed by atoms with Crippen molar-refractivity contribution in [3.05, 3.63) is 46.3 Å². The van der Waals surface area contributed by atoms with Crippen molar-refractivity contribution in [1.82, 2.24) is 15.2 Å². The lowest BCUT2D eigenvalue weighted by Crippen LogP contribution is -2.34. The van der Waals surface area contributed by atoms with E-state index in [-0.39, 0.29) is 6.10 Å². The molecule has 28 heavy (non-hydrogen) atoms. The number of carbonyl (C=O) groups is 2. The number of rotatable bonds is 4. The number of nitrogens with zero attached hydrogens (tertiary/aromatic N) is 3. The lowest BCUT2D eigenvalue weighted by Gasteiger charge is -2.35. The van der Waals surface area contributed by atoms with Crippen molar-refractivity contribution < 1.29 is 23.7 Å². The van der Waals surface area contributed by atoms with Crippen LogP contribution in [0.1, 0.15) is 39.2 Å². The molecule has 2 heterocycles. The van der Waals surface area contributed by atoms with Crippen molar-refractivity contribution in [2.24, 2.45) is 0 Å². The third-order valence-corrected chi connectivity index (χ3v) is 4.96. The minimum atomic E-state index is -0.717. The summed E-state index contributed by atoms with van der Waals surface area (Å²) in [6.45, 7) is 7.19. The molecule has 0 radical (unpaired) electrons. The predicted octanol–water partition coefficient (Wildman–Crippen LogP) is 2.92. The number of hydrogen-bond acceptors (Lipinski definition) is 8. The molecule has 3 rings (SSSR count). The standard InChI is InChI=1S/C20H23N3O5/c1-10(2)27-20(25)16-12(4)23(5)11(3)15(19(24)26-6)17(16)13-8-7-9-14-18(13)22-28-21-14/h7-10,17H,1-6H3/t17-/m0/s1. The maximum Gasteiger partial charge on any atom is 0.337 e. The minimum absolute atomic E-state index is 0.308. The second-order valence-electron chi connectivity index (χ2n) is 6.92. The molecule has 1 aliphatic rings. The van der Waals surface area contributed by atoms with E-state index in [1.54, 1.807) is 44.0 Å². The Kier molecular flexibility index (Phi) is 5.22. The molecule has 2 aromatic rings. The van der Waals surface area contributed by atoms with Crippen LogP contribution in [-0.2, 0) is 19.1 Å². The fourth-order valence-corrected chi connectivity index (χ4v) is 3.46. The summed E-state index contributed by atoms with van der Waals surface area (Å²) in [5.74, 6) is -1.73. The average Bonchev–Trinajstić information content (AvgIpc) is 3.13. The molecular weight excluding hydrogens is 362 g/mol. The van der Waals surface area contributed by atoms with Crippen LogP contribution in [0.4, 0.5) is 0 Å². The van der Waals surface area contributed by atoms with Crippen LogP contribution in [0.2, 0.25) is 0 Å². The van der Waals surface area contributed by atoms with Crippen LogP contribution in [0.15, 0.2) is 45.4 Å². The Morgan fingerprint density at radius 1 is 1.11 bits per heavy atom. The van der Waals surface area contributed by atoms with Crippen molar-refractivity contribution >= 4 is 23.0 Å². The topological polar surface area (TPSA) is 94.8 Å². The van der Waals surface area contributed by atoms with Gasteiger partial charge in [0.25, 0.3) is 0 Å². The molecule has 0 N–H and O–H groups in total. The van der Waals surface area contributed by atoms with E-state index in [0.29, 0.717) is 39.1 Å². The number of carbonyl (C=O) groups excluding carboxylic acids is 2. The first-order chi connectivity index (χ1) is 13.3. The number of allylic oxidation sites excluding steroid dienone is 2. The maximum atomic E-state index is 13.0. The Morgan fingerprint density at radius 2 is 1.75 bits per heavy atom. The second kappa shape index (κ2) is 7.46. The first-order valence-electron chi connectivity index (χ1n) is 8.93. The summed E-state index contributed by atoms with van der Waals surface area (Å²) in [7, 11) is 3.11. The lowest BCUT2D eigenvalue weighted by molar-refractivity contribution is -0.143. The SMILES string of the molecule is COC(=O)C1=C(C)N(C)C(C)=C(C(=O)OC(C)C)[C@H]1c1cccc2nonc12. The summed E-state index contributed by atoms with van der Waals surface area (Å²) in [5.41, 5.74) is 3.72. The molecule has 0 amide bonds. The van der Waals surface area contributed by atoms with E-state index in [2.05, 4.69) is 10.3 Å². The van der Waals surface area contributed by atoms with E-state index >= 15 is 0 Å². The fraction of sp³-hybridized carbons (Fsp3) is 0.400. The van der Waals surface area contributed by atoms with Gasteiger partial charge in [0.2, 0.25) is 0 Å². The van der Waals surface area contributed by atoms with Crippen LogP contribution in [-0.4, -0.2) is 47.4 Å². The summed E-state index contributed by atoms with van der Waals surface area (Å²) >= 11 is 0. The third-order valence-electron chi connectivity index (χ3n) is 4.96. The summed E-state index contributed by atoms with van der Waals surface area (Å²) in [6, 6.07) is 5.33. The smallest absolute Gasteiger partial charge is 0.337 e. The van der Waals surface area contributed by atoms with Crippen LogP contribution in [0, 0.1) is 0 Å². The van der Waals surface area contributed by atoms with Gasteiger partial charge in [0.15, 0.2) is 0 Å². The van der Waals surface area contributed by atoms with Gasteiger partial charge in [-0.3, -0.25) is 0 Å². The van der Waals surface area contributed by atoms with Gasteiger partial charge in [-0.05, 0) is 49.6 Å². The van der Waals surface area contributed by atoms with Crippen LogP contribution in [0.5, 0.6) is 0 Å². The molecule has 0 bridgehead atoms. The number of aromatic nitrogens is 2. The number of benzene rings is 1. The Morgan fingerprint density at radius 3 is 2.36 bits per heavy atom. The van der Waals surface area contributed by atoms with Gasteiger partial charge in [-0.1, -0.05) is 12.1 Å². The van der Waals surface area contributed by atoms with E-state index in [9.17, 15) is 9.59 Å². The molecule has 0 unspecified atom stereocenters. The Bertz CT molecular complexity index is 1000. The number of esters is 2. The van der Waals surface area contributed by atoms with Crippen LogP contribution in [0.3, 0.4) is 0 Å². The molecule has 8 nitrogen and oxygen atoms in total. The zero-order chi connectivity index (χ0) is 20.6. The lowest BCUT2D eigenvalue weighted by atomic mass is 9.79. The first-order valence-corrected chi connectivity index (χ1v) is 8.93. The molecule has 1 atom stereocenters. The molecule has 0 saturated carbocycles. The molecule has 1 aromatic carbocycles. The maximum absolute atomic E-state index is 13.0. The predicted molar refractivity (Wildman–Crippen MR) is 101 cm³/mol. The van der Waals surface area contributed by atoms with Gasteiger partial charge in [-0.15, -0.1) is 0 Å². The minimum Gasteiger partial charge on any atom is -0.466 e. The van der Waals surface area contributed by atoms with Gasteiger partial charge in [0.05, 0.1) is 30.3 Å². The highest BCUT2D eigenvalue weighted by molar-refractivity contribution is 6.01. The number of methoxy groups -OCH3 is 1. The number of fused-ring (bicyclic) bond motifs is 1. The monoisotopic (exact) mass is 385 g/mol. The zero-order valence-electron chi connectivity index (χ0n) is 16.8. The Labute approximate surface area is 162 Å². The summed E-state index contributed by atoms with van der Waals surface area (Å²) < 4.78 is 15.4. The van der Waals surface area contributed by atoms with Gasteiger partial charge in [0, 0.05) is 18.4 Å². The average molecular weight is 385 g/mol. The van der Waals surface area contributed by atoms with E-state index in [1.807, 2.05) is 13.8 Å². The second-order valence-corrected chi connectivity index (χ2v) is 6.92. The molecule has 1 aromatic heterocycles. The highest BCUT2D eigenvalue weighted by Gasteiger charge is 2.41. The third kappa shape index (κ3) is 3.15. The Balaban J connectivity index is 2.31. The highest BCUT2D eigenvalue weighted by Crippen LogP contribution is 2.43. The molecule has 8 heteroatoms. The quantitative estimate of drug-likeness (QED) is 0.742. The van der Waals surface area contributed by atoms with Gasteiger partial charge in [-0.2, -0.15) is 0 Å². The Hall–Kier alpha value is -3.16. The molecule has 0 saturated heterocycles. The molecule has 0 fully saturated rings. The summed E-state index contributed by atoms with van der Waals surface area (Å²) in [4.78, 5) is 27.6. The molecule has 0 spiro atoms. The van der Waals surface area contributed by atoms with Crippen molar-refractivity contribution in [2.75, 3.05) is 14.2 Å². The van der Waals surface area contributed by atoms with Crippen molar-refractivity contribution in [3.63, 3.8) is 0 Å². The molecule has 148 valence electrons. The largest absolute Gasteiger partial charge is 0.466 e. The van der Waals surface area contributed by atoms with E-state index in [4.69, 9.17) is 14.1 Å². The van der Waals surface area contributed by atoms with Gasteiger partial charge in [-0.25, -0.2) is 14.2 Å². The van der Waals surface area contributed by atoms with Gasteiger partial charge < -0.3 is 14.4 Å². The zero-order valence-corrected chi connectivity index (χ0v) is 16.8.